The normalized spacial score (nSPS) is 16.1. The highest BCUT2D eigenvalue weighted by atomic mass is 127. The van der Waals surface area contributed by atoms with Crippen molar-refractivity contribution in [3.05, 3.63) is 45.2 Å². The number of imide groups is 1. The maximum atomic E-state index is 12.9. The van der Waals surface area contributed by atoms with Crippen molar-refractivity contribution in [2.24, 2.45) is 0 Å². The molecule has 0 unspecified atom stereocenters. The average Bonchev–Trinajstić information content (AvgIpc) is 2.37. The Hall–Kier alpha value is -1.38. The summed E-state index contributed by atoms with van der Waals surface area (Å²) < 4.78 is 39.3. The fraction of sp³-hybridized carbons (Fsp3) is 0.231. The molecule has 0 aliphatic carbocycles. The molecule has 0 saturated carbocycles. The molecule has 0 aromatic heterocycles. The molecule has 1 heterocycles. The van der Waals surface area contributed by atoms with Crippen molar-refractivity contribution in [3.63, 3.8) is 0 Å². The zero-order valence-electron chi connectivity index (χ0n) is 10.1. The topological polar surface area (TPSA) is 37.4 Å². The third kappa shape index (κ3) is 2.87. The Morgan fingerprint density at radius 2 is 1.90 bits per heavy atom. The van der Waals surface area contributed by atoms with Gasteiger partial charge < -0.3 is 0 Å². The molecule has 0 N–H and O–H groups in total. The number of carbonyl (C=O) groups excluding carboxylic acids is 2. The molecule has 0 fully saturated rings. The Labute approximate surface area is 126 Å². The molecule has 2 amide bonds. The van der Waals surface area contributed by atoms with Crippen molar-refractivity contribution in [2.45, 2.75) is 19.0 Å². The lowest BCUT2D eigenvalue weighted by Gasteiger charge is -2.28. The first-order valence-corrected chi connectivity index (χ1v) is 6.79. The molecular weight excluding hydrogens is 386 g/mol. The summed E-state index contributed by atoms with van der Waals surface area (Å²) in [5.74, 6) is -1.77. The van der Waals surface area contributed by atoms with E-state index in [1.807, 2.05) is 22.6 Å². The number of benzene rings is 1. The van der Waals surface area contributed by atoms with Crippen LogP contribution in [-0.2, 0) is 4.79 Å². The smallest absolute Gasteiger partial charge is 0.274 e. The summed E-state index contributed by atoms with van der Waals surface area (Å²) >= 11 is 1.85. The summed E-state index contributed by atoms with van der Waals surface area (Å²) in [7, 11) is 0. The highest BCUT2D eigenvalue weighted by molar-refractivity contribution is 14.1. The fourth-order valence-electron chi connectivity index (χ4n) is 1.89. The lowest BCUT2D eigenvalue weighted by Crippen LogP contribution is -2.43. The summed E-state index contributed by atoms with van der Waals surface area (Å²) in [6.07, 6.45) is -3.96. The summed E-state index contributed by atoms with van der Waals surface area (Å²) in [6.45, 7) is 0. The average molecular weight is 395 g/mol. The highest BCUT2D eigenvalue weighted by Crippen LogP contribution is 2.33. The van der Waals surface area contributed by atoms with Gasteiger partial charge in [-0.2, -0.15) is 13.2 Å². The summed E-state index contributed by atoms with van der Waals surface area (Å²) in [4.78, 5) is 24.2. The molecule has 0 atom stereocenters. The van der Waals surface area contributed by atoms with Gasteiger partial charge in [0.1, 0.15) is 5.70 Å². The maximum Gasteiger partial charge on any atom is 0.431 e. The van der Waals surface area contributed by atoms with Gasteiger partial charge in [-0.1, -0.05) is 18.2 Å². The van der Waals surface area contributed by atoms with E-state index in [9.17, 15) is 22.8 Å². The number of allylic oxidation sites excluding steroid dienone is 2. The second kappa shape index (κ2) is 5.55. The first kappa shape index (κ1) is 15.0. The first-order chi connectivity index (χ1) is 9.32. The van der Waals surface area contributed by atoms with Crippen LogP contribution in [0.1, 0.15) is 23.2 Å². The van der Waals surface area contributed by atoms with E-state index in [0.717, 1.165) is 6.08 Å². The molecular formula is C13H9F3INO2. The van der Waals surface area contributed by atoms with Gasteiger partial charge in [0.2, 0.25) is 5.91 Å². The molecule has 7 heteroatoms. The van der Waals surface area contributed by atoms with Crippen LogP contribution in [0.4, 0.5) is 13.2 Å². The van der Waals surface area contributed by atoms with E-state index in [4.69, 9.17) is 0 Å². The lowest BCUT2D eigenvalue weighted by atomic mass is 10.1. The van der Waals surface area contributed by atoms with Crippen LogP contribution >= 0.6 is 22.6 Å². The largest absolute Gasteiger partial charge is 0.431 e. The molecule has 20 heavy (non-hydrogen) atoms. The van der Waals surface area contributed by atoms with Gasteiger partial charge in [-0.15, -0.1) is 0 Å². The van der Waals surface area contributed by atoms with Crippen molar-refractivity contribution in [1.82, 2.24) is 4.90 Å². The molecule has 1 aromatic rings. The van der Waals surface area contributed by atoms with Crippen LogP contribution in [-0.4, -0.2) is 22.9 Å². The molecule has 0 spiro atoms. The first-order valence-electron chi connectivity index (χ1n) is 5.71. The number of nitrogens with zero attached hydrogens (tertiary/aromatic N) is 1. The van der Waals surface area contributed by atoms with Gasteiger partial charge in [0.15, 0.2) is 0 Å². The summed E-state index contributed by atoms with van der Waals surface area (Å²) in [5, 5.41) is 0. The van der Waals surface area contributed by atoms with E-state index >= 15 is 0 Å². The highest BCUT2D eigenvalue weighted by Gasteiger charge is 2.44. The Morgan fingerprint density at radius 1 is 1.25 bits per heavy atom. The standard InChI is InChI=1S/C13H9F3INO2/c14-13(15,16)10-6-3-7-11(19)18(10)12(20)8-4-1-2-5-9(8)17/h1-2,4-6H,3,7H2. The van der Waals surface area contributed by atoms with Crippen LogP contribution in [0.5, 0.6) is 0 Å². The van der Waals surface area contributed by atoms with Crippen molar-refractivity contribution < 1.29 is 22.8 Å². The third-order valence-electron chi connectivity index (χ3n) is 2.78. The zero-order valence-corrected chi connectivity index (χ0v) is 12.2. The molecule has 0 radical (unpaired) electrons. The van der Waals surface area contributed by atoms with Gasteiger partial charge in [0.05, 0.1) is 5.56 Å². The van der Waals surface area contributed by atoms with E-state index in [-0.39, 0.29) is 23.3 Å². The Balaban J connectivity index is 2.46. The molecule has 1 aliphatic heterocycles. The zero-order chi connectivity index (χ0) is 14.9. The number of carbonyl (C=O) groups is 2. The lowest BCUT2D eigenvalue weighted by molar-refractivity contribution is -0.139. The second-order valence-electron chi connectivity index (χ2n) is 4.14. The van der Waals surface area contributed by atoms with Crippen molar-refractivity contribution in [2.75, 3.05) is 0 Å². The number of alkyl halides is 3. The molecule has 1 aliphatic rings. The Kier molecular flexibility index (Phi) is 4.17. The minimum Gasteiger partial charge on any atom is -0.274 e. The molecule has 2 rings (SSSR count). The van der Waals surface area contributed by atoms with Gasteiger partial charge in [0, 0.05) is 9.99 Å². The van der Waals surface area contributed by atoms with Crippen LogP contribution in [0.2, 0.25) is 0 Å². The van der Waals surface area contributed by atoms with Gasteiger partial charge >= 0.3 is 6.18 Å². The van der Waals surface area contributed by atoms with E-state index in [1.165, 1.54) is 6.07 Å². The van der Waals surface area contributed by atoms with E-state index in [2.05, 4.69) is 0 Å². The Morgan fingerprint density at radius 3 is 2.50 bits per heavy atom. The SMILES string of the molecule is O=C1CCC=C(C(F)(F)F)N1C(=O)c1ccccc1I. The van der Waals surface area contributed by atoms with Crippen LogP contribution in [0.3, 0.4) is 0 Å². The van der Waals surface area contributed by atoms with Gasteiger partial charge in [-0.25, -0.2) is 4.90 Å². The van der Waals surface area contributed by atoms with Gasteiger partial charge in [0.25, 0.3) is 5.91 Å². The monoisotopic (exact) mass is 395 g/mol. The van der Waals surface area contributed by atoms with Crippen molar-refractivity contribution in [3.8, 4) is 0 Å². The van der Waals surface area contributed by atoms with Gasteiger partial charge in [-0.3, -0.25) is 9.59 Å². The maximum absolute atomic E-state index is 12.9. The molecule has 106 valence electrons. The summed E-state index contributed by atoms with van der Waals surface area (Å²) in [6, 6.07) is 6.21. The van der Waals surface area contributed by atoms with E-state index in [1.54, 1.807) is 18.2 Å². The van der Waals surface area contributed by atoms with Crippen LogP contribution in [0.25, 0.3) is 0 Å². The minimum absolute atomic E-state index is 0.0106. The second-order valence-corrected chi connectivity index (χ2v) is 5.30. The van der Waals surface area contributed by atoms with Crippen LogP contribution in [0.15, 0.2) is 36.0 Å². The Bertz CT molecular complexity index is 596. The number of amides is 2. The van der Waals surface area contributed by atoms with E-state index < -0.39 is 23.7 Å². The van der Waals surface area contributed by atoms with Crippen LogP contribution in [0, 0.1) is 3.57 Å². The van der Waals surface area contributed by atoms with Crippen molar-refractivity contribution in [1.29, 1.82) is 0 Å². The van der Waals surface area contributed by atoms with E-state index in [0.29, 0.717) is 3.57 Å². The predicted octanol–water partition coefficient (Wildman–Crippen LogP) is 3.50. The van der Waals surface area contributed by atoms with Crippen molar-refractivity contribution >= 4 is 34.4 Å². The molecule has 1 aromatic carbocycles. The van der Waals surface area contributed by atoms with Crippen LogP contribution < -0.4 is 0 Å². The minimum atomic E-state index is -4.73. The predicted molar refractivity (Wildman–Crippen MR) is 73.7 cm³/mol. The molecule has 0 bridgehead atoms. The fourth-order valence-corrected chi connectivity index (χ4v) is 2.51. The van der Waals surface area contributed by atoms with Gasteiger partial charge in [-0.05, 0) is 41.1 Å². The number of halogens is 4. The number of hydrogen-bond donors (Lipinski definition) is 0. The quantitative estimate of drug-likeness (QED) is 0.540. The number of hydrogen-bond acceptors (Lipinski definition) is 2. The molecule has 0 saturated heterocycles. The molecule has 3 nitrogen and oxygen atoms in total. The number of rotatable bonds is 1. The summed E-state index contributed by atoms with van der Waals surface area (Å²) in [5.41, 5.74) is -1.11. The third-order valence-corrected chi connectivity index (χ3v) is 3.72.